The molecule has 3 atom stereocenters. The first-order valence-corrected chi connectivity index (χ1v) is 12.4. The van der Waals surface area contributed by atoms with E-state index in [9.17, 15) is 14.6 Å². The molecule has 0 radical (unpaired) electrons. The van der Waals surface area contributed by atoms with Crippen LogP contribution in [-0.2, 0) is 4.57 Å². The number of nitrogens with one attached hydrogen (secondary N) is 1. The molecule has 1 aliphatic carbocycles. The van der Waals surface area contributed by atoms with E-state index in [0.29, 0.717) is 23.6 Å². The molecule has 0 spiro atoms. The Hall–Kier alpha value is 0.350. The third-order valence-electron chi connectivity index (χ3n) is 4.87. The fraction of sp³-hybridized carbons (Fsp3) is 0.667. The van der Waals surface area contributed by atoms with E-state index in [4.69, 9.17) is 11.6 Å². The Morgan fingerprint density at radius 2 is 2.04 bits per heavy atom. The van der Waals surface area contributed by atoms with E-state index in [-0.39, 0.29) is 12.2 Å². The van der Waals surface area contributed by atoms with Crippen LogP contribution in [0.15, 0.2) is 18.2 Å². The van der Waals surface area contributed by atoms with Crippen LogP contribution in [-0.4, -0.2) is 35.0 Å². The molecule has 2 rings (SSSR count). The highest BCUT2D eigenvalue weighted by Crippen LogP contribution is 2.45. The molecule has 25 heavy (non-hydrogen) atoms. The van der Waals surface area contributed by atoms with Gasteiger partial charge in [-0.1, -0.05) is 36.9 Å². The average Bonchev–Trinajstić information content (AvgIpc) is 2.55. The molecule has 3 N–H and O–H groups in total. The molecule has 4 nitrogen and oxygen atoms in total. The van der Waals surface area contributed by atoms with Gasteiger partial charge in [-0.3, -0.25) is 4.57 Å². The standard InChI is InChI=1S/C18H28ClINO3P/c1-13(15-7-8-18(20)17(19)9-15)21-10-16(22)12-25(23,24)11-14-5-3-2-4-6-14/h7-9,13-14,16,21-22H,2-6,10-12H2,1H3,(H,23,24)/t13?,16-/m0/s1. The van der Waals surface area contributed by atoms with E-state index in [1.165, 1.54) is 6.42 Å². The number of halogens is 2. The van der Waals surface area contributed by atoms with Crippen molar-refractivity contribution in [1.29, 1.82) is 0 Å². The summed E-state index contributed by atoms with van der Waals surface area (Å²) in [4.78, 5) is 10.2. The third-order valence-corrected chi connectivity index (χ3v) is 8.52. The Labute approximate surface area is 169 Å². The molecule has 1 saturated carbocycles. The van der Waals surface area contributed by atoms with Crippen molar-refractivity contribution in [3.8, 4) is 0 Å². The number of hydrogen-bond donors (Lipinski definition) is 3. The summed E-state index contributed by atoms with van der Waals surface area (Å²) in [6.07, 6.45) is 5.14. The van der Waals surface area contributed by atoms with Crippen molar-refractivity contribution in [3.63, 3.8) is 0 Å². The summed E-state index contributed by atoms with van der Waals surface area (Å²) in [5.74, 6) is 0.345. The van der Waals surface area contributed by atoms with E-state index < -0.39 is 13.5 Å². The van der Waals surface area contributed by atoms with Crippen LogP contribution >= 0.6 is 41.6 Å². The zero-order chi connectivity index (χ0) is 18.4. The van der Waals surface area contributed by atoms with Crippen LogP contribution in [0.1, 0.15) is 50.6 Å². The molecule has 1 aromatic carbocycles. The Balaban J connectivity index is 1.79. The maximum atomic E-state index is 12.4. The van der Waals surface area contributed by atoms with Crippen molar-refractivity contribution >= 4 is 41.6 Å². The summed E-state index contributed by atoms with van der Waals surface area (Å²) in [5, 5.41) is 14.1. The maximum absolute atomic E-state index is 12.4. The van der Waals surface area contributed by atoms with Gasteiger partial charge in [-0.15, -0.1) is 0 Å². The highest BCUT2D eigenvalue weighted by atomic mass is 127. The van der Waals surface area contributed by atoms with Gasteiger partial charge in [-0.05, 0) is 66.0 Å². The molecule has 0 heterocycles. The van der Waals surface area contributed by atoms with Gasteiger partial charge in [0, 0.05) is 22.3 Å². The van der Waals surface area contributed by atoms with E-state index in [2.05, 4.69) is 27.9 Å². The van der Waals surface area contributed by atoms with Gasteiger partial charge < -0.3 is 15.3 Å². The van der Waals surface area contributed by atoms with Crippen molar-refractivity contribution < 1.29 is 14.6 Å². The Morgan fingerprint density at radius 1 is 1.36 bits per heavy atom. The number of benzene rings is 1. The molecule has 0 aliphatic heterocycles. The van der Waals surface area contributed by atoms with Crippen LogP contribution in [0.25, 0.3) is 0 Å². The maximum Gasteiger partial charge on any atom is 0.203 e. The smallest absolute Gasteiger partial charge is 0.203 e. The Morgan fingerprint density at radius 3 is 2.68 bits per heavy atom. The zero-order valence-corrected chi connectivity index (χ0v) is 18.4. The molecule has 142 valence electrons. The monoisotopic (exact) mass is 499 g/mol. The number of aliphatic hydroxyl groups is 1. The largest absolute Gasteiger partial charge is 0.391 e. The van der Waals surface area contributed by atoms with Crippen molar-refractivity contribution in [2.45, 2.75) is 51.2 Å². The lowest BCUT2D eigenvalue weighted by Crippen LogP contribution is -2.32. The Bertz CT molecular complexity index is 610. The summed E-state index contributed by atoms with van der Waals surface area (Å²) in [6.45, 7) is 2.28. The second kappa shape index (κ2) is 10.0. The average molecular weight is 500 g/mol. The fourth-order valence-corrected chi connectivity index (χ4v) is 6.09. The van der Waals surface area contributed by atoms with Gasteiger partial charge in [-0.2, -0.15) is 0 Å². The van der Waals surface area contributed by atoms with Gasteiger partial charge in [0.15, 0.2) is 0 Å². The summed E-state index contributed by atoms with van der Waals surface area (Å²) >= 11 is 8.33. The quantitative estimate of drug-likeness (QED) is 0.355. The van der Waals surface area contributed by atoms with Crippen LogP contribution in [0.5, 0.6) is 0 Å². The molecule has 1 aromatic rings. The van der Waals surface area contributed by atoms with E-state index in [0.717, 1.165) is 34.8 Å². The Kier molecular flexibility index (Phi) is 8.70. The van der Waals surface area contributed by atoms with Crippen LogP contribution in [0.4, 0.5) is 0 Å². The highest BCUT2D eigenvalue weighted by molar-refractivity contribution is 14.1. The first kappa shape index (κ1) is 21.6. The van der Waals surface area contributed by atoms with Crippen molar-refractivity contribution in [2.75, 3.05) is 18.9 Å². The molecule has 2 unspecified atom stereocenters. The molecular weight excluding hydrogens is 472 g/mol. The topological polar surface area (TPSA) is 69.6 Å². The van der Waals surface area contributed by atoms with Crippen LogP contribution in [0, 0.1) is 9.49 Å². The normalized spacial score (nSPS) is 20.8. The van der Waals surface area contributed by atoms with E-state index in [1.807, 2.05) is 25.1 Å². The fourth-order valence-electron chi connectivity index (χ4n) is 3.45. The number of rotatable bonds is 8. The molecular formula is C18H28ClINO3P. The van der Waals surface area contributed by atoms with E-state index in [1.54, 1.807) is 0 Å². The molecule has 0 saturated heterocycles. The lowest BCUT2D eigenvalue weighted by atomic mass is 9.91. The zero-order valence-electron chi connectivity index (χ0n) is 14.6. The molecule has 0 aromatic heterocycles. The second-order valence-electron chi connectivity index (χ2n) is 7.17. The molecule has 1 aliphatic rings. The van der Waals surface area contributed by atoms with Gasteiger partial charge in [0.25, 0.3) is 0 Å². The highest BCUT2D eigenvalue weighted by Gasteiger charge is 2.28. The van der Waals surface area contributed by atoms with Crippen LogP contribution < -0.4 is 5.32 Å². The first-order chi connectivity index (χ1) is 11.8. The minimum Gasteiger partial charge on any atom is -0.391 e. The summed E-state index contributed by atoms with van der Waals surface area (Å²) in [6, 6.07) is 5.88. The van der Waals surface area contributed by atoms with Gasteiger partial charge in [0.2, 0.25) is 7.37 Å². The van der Waals surface area contributed by atoms with Gasteiger partial charge in [-0.25, -0.2) is 0 Å². The van der Waals surface area contributed by atoms with Crippen LogP contribution in [0.3, 0.4) is 0 Å². The van der Waals surface area contributed by atoms with Crippen molar-refractivity contribution in [1.82, 2.24) is 5.32 Å². The lowest BCUT2D eigenvalue weighted by Gasteiger charge is -2.25. The predicted molar refractivity (Wildman–Crippen MR) is 113 cm³/mol. The van der Waals surface area contributed by atoms with Gasteiger partial charge >= 0.3 is 0 Å². The van der Waals surface area contributed by atoms with E-state index >= 15 is 0 Å². The second-order valence-corrected chi connectivity index (χ2v) is 11.2. The first-order valence-electron chi connectivity index (χ1n) is 8.94. The van der Waals surface area contributed by atoms with Crippen LogP contribution in [0.2, 0.25) is 5.02 Å². The minimum absolute atomic E-state index is 0.0144. The van der Waals surface area contributed by atoms with Crippen molar-refractivity contribution in [3.05, 3.63) is 32.4 Å². The van der Waals surface area contributed by atoms with Gasteiger partial charge in [0.05, 0.1) is 17.3 Å². The van der Waals surface area contributed by atoms with Gasteiger partial charge in [0.1, 0.15) is 0 Å². The summed E-state index contributed by atoms with van der Waals surface area (Å²) in [7, 11) is -3.28. The molecule has 0 bridgehead atoms. The SMILES string of the molecule is CC(NC[C@H](O)CP(=O)(O)CC1CCCCC1)c1ccc(I)c(Cl)c1. The summed E-state index contributed by atoms with van der Waals surface area (Å²) < 4.78 is 13.4. The number of hydrogen-bond acceptors (Lipinski definition) is 3. The predicted octanol–water partition coefficient (Wildman–Crippen LogP) is 4.81. The molecule has 1 fully saturated rings. The number of aliphatic hydroxyl groups excluding tert-OH is 1. The minimum atomic E-state index is -3.28. The molecule has 0 amide bonds. The molecule has 7 heteroatoms. The third kappa shape index (κ3) is 7.47. The van der Waals surface area contributed by atoms with Crippen molar-refractivity contribution in [2.24, 2.45) is 5.92 Å². The summed E-state index contributed by atoms with van der Waals surface area (Å²) in [5.41, 5.74) is 1.03. The lowest BCUT2D eigenvalue weighted by molar-refractivity contribution is 0.186.